The van der Waals surface area contributed by atoms with Gasteiger partial charge >= 0.3 is 0 Å². The number of hydrogen-bond acceptors (Lipinski definition) is 6. The topological polar surface area (TPSA) is 77.3 Å². The summed E-state index contributed by atoms with van der Waals surface area (Å²) in [7, 11) is -3.88. The fraction of sp³-hybridized carbons (Fsp3) is 0.263. The molecule has 3 rings (SSSR count). The Balaban J connectivity index is 1.66. The first-order chi connectivity index (χ1) is 12.6. The molecule has 26 heavy (non-hydrogen) atoms. The van der Waals surface area contributed by atoms with E-state index in [1.807, 2.05) is 29.2 Å². The molecule has 0 aliphatic carbocycles. The quantitative estimate of drug-likeness (QED) is 0.752. The second kappa shape index (κ2) is 8.13. The lowest BCUT2D eigenvalue weighted by Gasteiger charge is -2.34. The van der Waals surface area contributed by atoms with Crippen molar-refractivity contribution in [1.29, 1.82) is 5.26 Å². The molecular formula is C19H20N4O2S. The average Bonchev–Trinajstić information content (AvgIpc) is 2.68. The van der Waals surface area contributed by atoms with Crippen molar-refractivity contribution in [3.05, 3.63) is 71.4 Å². The van der Waals surface area contributed by atoms with Gasteiger partial charge in [-0.3, -0.25) is 4.90 Å². The number of piperazine rings is 1. The molecule has 1 aromatic heterocycles. The largest absolute Gasteiger partial charge is 0.373 e. The number of benzene rings is 1. The minimum Gasteiger partial charge on any atom is -0.373 e. The lowest BCUT2D eigenvalue weighted by atomic mass is 10.2. The maximum Gasteiger partial charge on any atom is 0.235 e. The Morgan fingerprint density at radius 2 is 1.77 bits per heavy atom. The zero-order valence-electron chi connectivity index (χ0n) is 14.3. The Morgan fingerprint density at radius 1 is 1.08 bits per heavy atom. The second-order valence-electron chi connectivity index (χ2n) is 6.07. The van der Waals surface area contributed by atoms with E-state index in [9.17, 15) is 13.7 Å². The van der Waals surface area contributed by atoms with Gasteiger partial charge in [-0.1, -0.05) is 36.4 Å². The van der Waals surface area contributed by atoms with E-state index in [0.29, 0.717) is 13.1 Å². The highest BCUT2D eigenvalue weighted by atomic mass is 32.2. The summed E-state index contributed by atoms with van der Waals surface area (Å²) in [6.45, 7) is 3.85. The van der Waals surface area contributed by atoms with Gasteiger partial charge in [0.2, 0.25) is 9.84 Å². The van der Waals surface area contributed by atoms with Crippen LogP contribution in [-0.4, -0.2) is 49.4 Å². The van der Waals surface area contributed by atoms with Crippen LogP contribution >= 0.6 is 0 Å². The molecule has 6 nitrogen and oxygen atoms in total. The van der Waals surface area contributed by atoms with Gasteiger partial charge in [0.15, 0.2) is 9.93 Å². The molecular weight excluding hydrogens is 348 g/mol. The molecule has 0 spiro atoms. The average molecular weight is 368 g/mol. The molecule has 1 saturated heterocycles. The van der Waals surface area contributed by atoms with Crippen LogP contribution < -0.4 is 0 Å². The summed E-state index contributed by atoms with van der Waals surface area (Å²) in [5.74, 6) is 0. The zero-order valence-corrected chi connectivity index (χ0v) is 15.1. The van der Waals surface area contributed by atoms with Crippen molar-refractivity contribution in [2.24, 2.45) is 0 Å². The van der Waals surface area contributed by atoms with Gasteiger partial charge < -0.3 is 4.90 Å². The Kier molecular flexibility index (Phi) is 5.66. The highest BCUT2D eigenvalue weighted by Gasteiger charge is 2.24. The van der Waals surface area contributed by atoms with Gasteiger partial charge in [0, 0.05) is 45.1 Å². The SMILES string of the molecule is N#C/C(=C/N1CCN(Cc2ccccc2)CC1)S(=O)(=O)c1ccccn1. The zero-order chi connectivity index (χ0) is 18.4. The van der Waals surface area contributed by atoms with Gasteiger partial charge in [-0.15, -0.1) is 0 Å². The molecule has 1 aliphatic rings. The summed E-state index contributed by atoms with van der Waals surface area (Å²) >= 11 is 0. The Bertz CT molecular complexity index is 898. The van der Waals surface area contributed by atoms with Crippen molar-refractivity contribution in [2.45, 2.75) is 11.6 Å². The minimum absolute atomic E-state index is 0.101. The van der Waals surface area contributed by atoms with Crippen molar-refractivity contribution in [3.63, 3.8) is 0 Å². The van der Waals surface area contributed by atoms with Crippen LogP contribution in [0.4, 0.5) is 0 Å². The lowest BCUT2D eigenvalue weighted by molar-refractivity contribution is 0.162. The third-order valence-corrected chi connectivity index (χ3v) is 5.84. The molecule has 7 heteroatoms. The summed E-state index contributed by atoms with van der Waals surface area (Å²) in [5.41, 5.74) is 1.26. The summed E-state index contributed by atoms with van der Waals surface area (Å²) in [6, 6.07) is 16.7. The number of hydrogen-bond donors (Lipinski definition) is 0. The van der Waals surface area contributed by atoms with Crippen LogP contribution in [0.1, 0.15) is 5.56 Å². The smallest absolute Gasteiger partial charge is 0.235 e. The first kappa shape index (κ1) is 18.1. The number of pyridine rings is 1. The van der Waals surface area contributed by atoms with Gasteiger partial charge in [-0.05, 0) is 17.7 Å². The van der Waals surface area contributed by atoms with Crippen molar-refractivity contribution in [2.75, 3.05) is 26.2 Å². The number of sulfone groups is 1. The van der Waals surface area contributed by atoms with Gasteiger partial charge in [0.25, 0.3) is 0 Å². The van der Waals surface area contributed by atoms with Gasteiger partial charge in [0.1, 0.15) is 6.07 Å². The van der Waals surface area contributed by atoms with E-state index in [2.05, 4.69) is 22.0 Å². The Hall–Kier alpha value is -2.69. The fourth-order valence-electron chi connectivity index (χ4n) is 2.84. The molecule has 0 unspecified atom stereocenters. The van der Waals surface area contributed by atoms with E-state index in [1.165, 1.54) is 24.0 Å². The van der Waals surface area contributed by atoms with E-state index >= 15 is 0 Å². The Labute approximate surface area is 153 Å². The van der Waals surface area contributed by atoms with Crippen LogP contribution in [0.3, 0.4) is 0 Å². The molecule has 0 saturated carbocycles. The number of nitrogens with zero attached hydrogens (tertiary/aromatic N) is 4. The second-order valence-corrected chi connectivity index (χ2v) is 7.94. The molecule has 2 heterocycles. The maximum atomic E-state index is 12.6. The van der Waals surface area contributed by atoms with Crippen LogP contribution in [0.15, 0.2) is 70.9 Å². The van der Waals surface area contributed by atoms with Gasteiger partial charge in [0.05, 0.1) is 0 Å². The monoisotopic (exact) mass is 368 g/mol. The van der Waals surface area contributed by atoms with E-state index in [0.717, 1.165) is 19.6 Å². The van der Waals surface area contributed by atoms with Crippen molar-refractivity contribution < 1.29 is 8.42 Å². The van der Waals surface area contributed by atoms with E-state index in [4.69, 9.17) is 0 Å². The predicted octanol–water partition coefficient (Wildman–Crippen LogP) is 2.04. The molecule has 1 aliphatic heterocycles. The third-order valence-electron chi connectivity index (χ3n) is 4.27. The minimum atomic E-state index is -3.88. The first-order valence-electron chi connectivity index (χ1n) is 8.38. The highest BCUT2D eigenvalue weighted by molar-refractivity contribution is 7.95. The molecule has 0 radical (unpaired) electrons. The van der Waals surface area contributed by atoms with Gasteiger partial charge in [-0.25, -0.2) is 13.4 Å². The molecule has 1 fully saturated rings. The third kappa shape index (κ3) is 4.28. The summed E-state index contributed by atoms with van der Waals surface area (Å²) in [4.78, 5) is 7.80. The molecule has 0 amide bonds. The number of aromatic nitrogens is 1. The molecule has 1 aromatic carbocycles. The molecule has 2 aromatic rings. The maximum absolute atomic E-state index is 12.6. The van der Waals surface area contributed by atoms with Crippen molar-refractivity contribution >= 4 is 9.84 Å². The summed E-state index contributed by atoms with van der Waals surface area (Å²) in [6.07, 6.45) is 2.86. The summed E-state index contributed by atoms with van der Waals surface area (Å²) in [5, 5.41) is 9.24. The van der Waals surface area contributed by atoms with Crippen LogP contribution in [0.5, 0.6) is 0 Å². The standard InChI is InChI=1S/C19H20N4O2S/c20-14-18(26(24,25)19-8-4-5-9-21-19)16-23-12-10-22(11-13-23)15-17-6-2-1-3-7-17/h1-9,16H,10-13,15H2/b18-16-. The predicted molar refractivity (Wildman–Crippen MR) is 98.4 cm³/mol. The van der Waals surface area contributed by atoms with Crippen LogP contribution in [-0.2, 0) is 16.4 Å². The van der Waals surface area contributed by atoms with E-state index in [1.54, 1.807) is 12.1 Å². The Morgan fingerprint density at radius 3 is 2.38 bits per heavy atom. The van der Waals surface area contributed by atoms with Gasteiger partial charge in [-0.2, -0.15) is 5.26 Å². The van der Waals surface area contributed by atoms with E-state index in [-0.39, 0.29) is 9.93 Å². The molecule has 0 atom stereocenters. The number of nitriles is 1. The lowest BCUT2D eigenvalue weighted by Crippen LogP contribution is -2.43. The normalized spacial score (nSPS) is 16.3. The molecule has 0 bridgehead atoms. The van der Waals surface area contributed by atoms with Crippen LogP contribution in [0.25, 0.3) is 0 Å². The molecule has 0 N–H and O–H groups in total. The summed E-state index contributed by atoms with van der Waals surface area (Å²) < 4.78 is 25.1. The fourth-order valence-corrected chi connectivity index (χ4v) is 3.93. The van der Waals surface area contributed by atoms with Crippen molar-refractivity contribution in [3.8, 4) is 6.07 Å². The van der Waals surface area contributed by atoms with Crippen LogP contribution in [0, 0.1) is 11.3 Å². The van der Waals surface area contributed by atoms with E-state index < -0.39 is 9.84 Å². The number of rotatable bonds is 5. The van der Waals surface area contributed by atoms with Crippen LogP contribution in [0.2, 0.25) is 0 Å². The highest BCUT2D eigenvalue weighted by Crippen LogP contribution is 2.18. The first-order valence-corrected chi connectivity index (χ1v) is 9.86. The van der Waals surface area contributed by atoms with Crippen molar-refractivity contribution in [1.82, 2.24) is 14.8 Å². The molecule has 134 valence electrons. The number of allylic oxidation sites excluding steroid dienone is 1.